The van der Waals surface area contributed by atoms with Gasteiger partial charge in [-0.3, -0.25) is 0 Å². The molecule has 108 valence electrons. The first-order valence-corrected chi connectivity index (χ1v) is 7.20. The molecule has 0 fully saturated rings. The van der Waals surface area contributed by atoms with Crippen molar-refractivity contribution in [2.24, 2.45) is 0 Å². The molecule has 2 unspecified atom stereocenters. The van der Waals surface area contributed by atoms with E-state index in [1.54, 1.807) is 12.5 Å². The molecule has 0 radical (unpaired) electrons. The van der Waals surface area contributed by atoms with Crippen LogP contribution in [-0.2, 0) is 0 Å². The number of hydrogen-bond acceptors (Lipinski definition) is 3. The van der Waals surface area contributed by atoms with Gasteiger partial charge in [0, 0.05) is 24.1 Å². The molecule has 4 nitrogen and oxygen atoms in total. The number of aliphatic hydroxyl groups excluding tert-OH is 1. The topological polar surface area (TPSA) is 50.1 Å². The lowest BCUT2D eigenvalue weighted by Crippen LogP contribution is -2.23. The number of nitrogens with one attached hydrogen (secondary N) is 1. The molecule has 2 aromatic rings. The average molecular weight is 273 g/mol. The average Bonchev–Trinajstić information content (AvgIpc) is 3.01. The van der Waals surface area contributed by atoms with Crippen LogP contribution in [0.5, 0.6) is 0 Å². The number of aromatic nitrogens is 2. The first-order chi connectivity index (χ1) is 9.70. The Balaban J connectivity index is 1.89. The van der Waals surface area contributed by atoms with Crippen molar-refractivity contribution in [1.82, 2.24) is 14.9 Å². The zero-order valence-electron chi connectivity index (χ0n) is 12.2. The number of benzene rings is 1. The van der Waals surface area contributed by atoms with Crippen LogP contribution in [0.2, 0.25) is 0 Å². The molecule has 0 aliphatic rings. The molecular formula is C16H23N3O. The van der Waals surface area contributed by atoms with Gasteiger partial charge in [0.1, 0.15) is 0 Å². The first-order valence-electron chi connectivity index (χ1n) is 7.20. The van der Waals surface area contributed by atoms with Gasteiger partial charge in [-0.05, 0) is 44.0 Å². The highest BCUT2D eigenvalue weighted by Gasteiger charge is 2.06. The van der Waals surface area contributed by atoms with Crippen molar-refractivity contribution in [3.05, 3.63) is 48.5 Å². The monoisotopic (exact) mass is 273 g/mol. The van der Waals surface area contributed by atoms with E-state index in [0.29, 0.717) is 0 Å². The highest BCUT2D eigenvalue weighted by atomic mass is 16.3. The third-order valence-electron chi connectivity index (χ3n) is 3.59. The Kier molecular flexibility index (Phi) is 5.32. The maximum atomic E-state index is 9.53. The number of hydrogen-bond donors (Lipinski definition) is 2. The molecule has 0 saturated carbocycles. The van der Waals surface area contributed by atoms with E-state index >= 15 is 0 Å². The van der Waals surface area contributed by atoms with Crippen molar-refractivity contribution in [2.45, 2.75) is 38.8 Å². The van der Waals surface area contributed by atoms with Gasteiger partial charge in [0.25, 0.3) is 0 Å². The Morgan fingerprint density at radius 2 is 2.05 bits per heavy atom. The number of imidazole rings is 1. The smallest absolute Gasteiger partial charge is 0.0991 e. The van der Waals surface area contributed by atoms with Crippen molar-refractivity contribution < 1.29 is 5.11 Å². The fourth-order valence-corrected chi connectivity index (χ4v) is 2.14. The van der Waals surface area contributed by atoms with Crippen LogP contribution in [-0.4, -0.2) is 27.3 Å². The van der Waals surface area contributed by atoms with Gasteiger partial charge in [-0.25, -0.2) is 4.98 Å². The quantitative estimate of drug-likeness (QED) is 0.815. The molecule has 0 amide bonds. The minimum atomic E-state index is -0.196. The molecule has 2 atom stereocenters. The van der Waals surface area contributed by atoms with Crippen LogP contribution in [0.3, 0.4) is 0 Å². The van der Waals surface area contributed by atoms with Crippen molar-refractivity contribution in [2.75, 3.05) is 6.54 Å². The summed E-state index contributed by atoms with van der Waals surface area (Å²) in [6.07, 6.45) is 6.92. The zero-order valence-corrected chi connectivity index (χ0v) is 12.2. The highest BCUT2D eigenvalue weighted by molar-refractivity contribution is 5.35. The molecule has 2 rings (SSSR count). The van der Waals surface area contributed by atoms with Gasteiger partial charge in [-0.1, -0.05) is 19.1 Å². The minimum Gasteiger partial charge on any atom is -0.393 e. The van der Waals surface area contributed by atoms with Crippen LogP contribution in [0.4, 0.5) is 0 Å². The second-order valence-corrected chi connectivity index (χ2v) is 5.09. The number of rotatable bonds is 7. The molecule has 0 bridgehead atoms. The molecule has 4 heteroatoms. The largest absolute Gasteiger partial charge is 0.393 e. The van der Waals surface area contributed by atoms with E-state index < -0.39 is 0 Å². The molecule has 1 heterocycles. The Labute approximate surface area is 120 Å². The summed E-state index contributed by atoms with van der Waals surface area (Å²) in [7, 11) is 0. The Morgan fingerprint density at radius 1 is 1.30 bits per heavy atom. The molecule has 20 heavy (non-hydrogen) atoms. The van der Waals surface area contributed by atoms with E-state index in [-0.39, 0.29) is 12.1 Å². The fraction of sp³-hybridized carbons (Fsp3) is 0.438. The normalized spacial score (nSPS) is 14.2. The minimum absolute atomic E-state index is 0.196. The fourth-order valence-electron chi connectivity index (χ4n) is 2.14. The molecule has 2 N–H and O–H groups in total. The van der Waals surface area contributed by atoms with Gasteiger partial charge >= 0.3 is 0 Å². The second kappa shape index (κ2) is 7.22. The summed E-state index contributed by atoms with van der Waals surface area (Å²) in [6.45, 7) is 4.98. The second-order valence-electron chi connectivity index (χ2n) is 5.09. The lowest BCUT2D eigenvalue weighted by Gasteiger charge is -2.16. The van der Waals surface area contributed by atoms with Crippen molar-refractivity contribution >= 4 is 0 Å². The van der Waals surface area contributed by atoms with Crippen LogP contribution in [0.15, 0.2) is 43.0 Å². The van der Waals surface area contributed by atoms with Gasteiger partial charge in [-0.2, -0.15) is 0 Å². The number of aliphatic hydroxyl groups is 1. The standard InChI is InChI=1S/C16H23N3O/c1-3-16(20)8-9-18-13(2)14-4-6-15(7-5-14)19-11-10-17-12-19/h4-7,10-13,16,18,20H,3,8-9H2,1-2H3. The van der Waals surface area contributed by atoms with Crippen LogP contribution < -0.4 is 5.32 Å². The Bertz CT molecular complexity index is 493. The van der Waals surface area contributed by atoms with E-state index in [1.807, 2.05) is 17.7 Å². The van der Waals surface area contributed by atoms with Gasteiger partial charge in [0.2, 0.25) is 0 Å². The summed E-state index contributed by atoms with van der Waals surface area (Å²) in [4.78, 5) is 4.05. The highest BCUT2D eigenvalue weighted by Crippen LogP contribution is 2.15. The molecule has 0 aliphatic heterocycles. The van der Waals surface area contributed by atoms with Crippen molar-refractivity contribution in [1.29, 1.82) is 0 Å². The zero-order chi connectivity index (χ0) is 14.4. The summed E-state index contributed by atoms with van der Waals surface area (Å²) >= 11 is 0. The van der Waals surface area contributed by atoms with Crippen LogP contribution in [0.25, 0.3) is 5.69 Å². The lowest BCUT2D eigenvalue weighted by atomic mass is 10.1. The Hall–Kier alpha value is -1.65. The van der Waals surface area contributed by atoms with Crippen molar-refractivity contribution in [3.63, 3.8) is 0 Å². The maximum Gasteiger partial charge on any atom is 0.0991 e. The summed E-state index contributed by atoms with van der Waals surface area (Å²) in [6, 6.07) is 8.73. The molecule has 0 spiro atoms. The third kappa shape index (κ3) is 3.92. The van der Waals surface area contributed by atoms with Gasteiger partial charge in [0.15, 0.2) is 0 Å². The first kappa shape index (κ1) is 14.8. The van der Waals surface area contributed by atoms with E-state index in [2.05, 4.69) is 41.5 Å². The third-order valence-corrected chi connectivity index (χ3v) is 3.59. The SMILES string of the molecule is CCC(O)CCNC(C)c1ccc(-n2ccnc2)cc1. The van der Waals surface area contributed by atoms with Crippen LogP contribution in [0, 0.1) is 0 Å². The lowest BCUT2D eigenvalue weighted by molar-refractivity contribution is 0.159. The van der Waals surface area contributed by atoms with Crippen LogP contribution in [0.1, 0.15) is 38.3 Å². The summed E-state index contributed by atoms with van der Waals surface area (Å²) in [5.41, 5.74) is 2.36. The van der Waals surface area contributed by atoms with E-state index in [4.69, 9.17) is 0 Å². The van der Waals surface area contributed by atoms with Gasteiger partial charge in [-0.15, -0.1) is 0 Å². The molecule has 1 aromatic carbocycles. The van der Waals surface area contributed by atoms with E-state index in [9.17, 15) is 5.11 Å². The summed E-state index contributed by atoms with van der Waals surface area (Å²) < 4.78 is 1.99. The molecule has 0 aliphatic carbocycles. The molecule has 0 saturated heterocycles. The number of nitrogens with zero attached hydrogens (tertiary/aromatic N) is 2. The molecular weight excluding hydrogens is 250 g/mol. The predicted octanol–water partition coefficient (Wildman–Crippen LogP) is 2.68. The maximum absolute atomic E-state index is 9.53. The van der Waals surface area contributed by atoms with Gasteiger partial charge in [0.05, 0.1) is 12.4 Å². The molecule has 1 aromatic heterocycles. The van der Waals surface area contributed by atoms with Gasteiger partial charge < -0.3 is 15.0 Å². The predicted molar refractivity (Wildman–Crippen MR) is 80.9 cm³/mol. The van der Waals surface area contributed by atoms with E-state index in [0.717, 1.165) is 25.1 Å². The van der Waals surface area contributed by atoms with Crippen molar-refractivity contribution in [3.8, 4) is 5.69 Å². The summed E-state index contributed by atoms with van der Waals surface area (Å²) in [5, 5.41) is 13.0. The Morgan fingerprint density at radius 3 is 2.65 bits per heavy atom. The van der Waals surface area contributed by atoms with E-state index in [1.165, 1.54) is 5.56 Å². The van der Waals surface area contributed by atoms with Crippen LogP contribution >= 0.6 is 0 Å². The summed E-state index contributed by atoms with van der Waals surface area (Å²) in [5.74, 6) is 0.